The predicted molar refractivity (Wildman–Crippen MR) is 37.3 cm³/mol. The Kier molecular flexibility index (Phi) is 2.59. The smallest absolute Gasteiger partial charge is 0.00388 e. The SMILES string of the molecule is C=C(N)C(C)C(C)C. The molecule has 0 fully saturated rings. The lowest BCUT2D eigenvalue weighted by molar-refractivity contribution is 0.477. The Morgan fingerprint density at radius 1 is 1.38 bits per heavy atom. The van der Waals surface area contributed by atoms with Gasteiger partial charge >= 0.3 is 0 Å². The zero-order valence-electron chi connectivity index (χ0n) is 5.94. The Morgan fingerprint density at radius 3 is 1.75 bits per heavy atom. The van der Waals surface area contributed by atoms with Gasteiger partial charge in [-0.15, -0.1) is 0 Å². The van der Waals surface area contributed by atoms with Crippen LogP contribution in [0.1, 0.15) is 20.8 Å². The minimum atomic E-state index is 0.454. The maximum atomic E-state index is 5.44. The van der Waals surface area contributed by atoms with E-state index in [1.54, 1.807) is 0 Å². The molecule has 1 unspecified atom stereocenters. The molecule has 8 heavy (non-hydrogen) atoms. The molecule has 0 saturated carbocycles. The quantitative estimate of drug-likeness (QED) is 0.580. The summed E-state index contributed by atoms with van der Waals surface area (Å²) in [6.07, 6.45) is 0. The van der Waals surface area contributed by atoms with Crippen LogP contribution in [-0.4, -0.2) is 0 Å². The summed E-state index contributed by atoms with van der Waals surface area (Å²) in [7, 11) is 0. The summed E-state index contributed by atoms with van der Waals surface area (Å²) >= 11 is 0. The third-order valence-electron chi connectivity index (χ3n) is 1.58. The zero-order chi connectivity index (χ0) is 6.73. The fraction of sp³-hybridized carbons (Fsp3) is 0.714. The van der Waals surface area contributed by atoms with E-state index in [-0.39, 0.29) is 0 Å². The van der Waals surface area contributed by atoms with E-state index in [4.69, 9.17) is 5.73 Å². The van der Waals surface area contributed by atoms with Crippen molar-refractivity contribution in [2.75, 3.05) is 0 Å². The van der Waals surface area contributed by atoms with Crippen molar-refractivity contribution in [3.8, 4) is 0 Å². The molecule has 0 heterocycles. The first-order valence-electron chi connectivity index (χ1n) is 3.00. The van der Waals surface area contributed by atoms with Crippen LogP contribution in [0.4, 0.5) is 0 Å². The van der Waals surface area contributed by atoms with E-state index >= 15 is 0 Å². The Morgan fingerprint density at radius 2 is 1.75 bits per heavy atom. The molecule has 0 bridgehead atoms. The van der Waals surface area contributed by atoms with Crippen molar-refractivity contribution >= 4 is 0 Å². The van der Waals surface area contributed by atoms with Gasteiger partial charge in [-0.2, -0.15) is 0 Å². The van der Waals surface area contributed by atoms with Gasteiger partial charge in [-0.25, -0.2) is 0 Å². The highest BCUT2D eigenvalue weighted by atomic mass is 14.6. The molecule has 0 aromatic heterocycles. The predicted octanol–water partition coefficient (Wildman–Crippen LogP) is 1.75. The molecular formula is C7H15N. The molecule has 0 rings (SSSR count). The van der Waals surface area contributed by atoms with Gasteiger partial charge in [-0.1, -0.05) is 27.4 Å². The van der Waals surface area contributed by atoms with E-state index in [0.29, 0.717) is 11.8 Å². The molecule has 48 valence electrons. The molecule has 0 aromatic carbocycles. The highest BCUT2D eigenvalue weighted by Crippen LogP contribution is 2.13. The third kappa shape index (κ3) is 2.01. The molecule has 1 atom stereocenters. The Bertz CT molecular complexity index is 84.4. The number of allylic oxidation sites excluding steroid dienone is 1. The first kappa shape index (κ1) is 7.54. The zero-order valence-corrected chi connectivity index (χ0v) is 5.94. The monoisotopic (exact) mass is 113 g/mol. The number of hydrogen-bond acceptors (Lipinski definition) is 1. The van der Waals surface area contributed by atoms with Gasteiger partial charge in [0, 0.05) is 5.70 Å². The second kappa shape index (κ2) is 2.75. The second-order valence-corrected chi connectivity index (χ2v) is 2.61. The van der Waals surface area contributed by atoms with Crippen LogP contribution in [0, 0.1) is 11.8 Å². The highest BCUT2D eigenvalue weighted by Gasteiger charge is 2.06. The van der Waals surface area contributed by atoms with Gasteiger partial charge in [0.1, 0.15) is 0 Å². The van der Waals surface area contributed by atoms with E-state index in [1.807, 2.05) is 0 Å². The summed E-state index contributed by atoms with van der Waals surface area (Å²) in [4.78, 5) is 0. The Balaban J connectivity index is 3.64. The molecule has 1 heteroatoms. The van der Waals surface area contributed by atoms with Gasteiger partial charge in [0.05, 0.1) is 0 Å². The molecule has 0 aliphatic heterocycles. The number of rotatable bonds is 2. The average Bonchev–Trinajstić information content (AvgIpc) is 1.64. The summed E-state index contributed by atoms with van der Waals surface area (Å²) < 4.78 is 0. The van der Waals surface area contributed by atoms with E-state index in [1.165, 1.54) is 0 Å². The molecule has 0 spiro atoms. The lowest BCUT2D eigenvalue weighted by Gasteiger charge is -2.13. The fourth-order valence-electron chi connectivity index (χ4n) is 0.428. The third-order valence-corrected chi connectivity index (χ3v) is 1.58. The van der Waals surface area contributed by atoms with Crippen LogP contribution in [0.15, 0.2) is 12.3 Å². The summed E-state index contributed by atoms with van der Waals surface area (Å²) in [6, 6.07) is 0. The molecule has 0 aromatic rings. The number of nitrogens with two attached hydrogens (primary N) is 1. The van der Waals surface area contributed by atoms with Crippen molar-refractivity contribution in [1.82, 2.24) is 0 Å². The molecular weight excluding hydrogens is 98.1 g/mol. The van der Waals surface area contributed by atoms with Crippen molar-refractivity contribution in [3.63, 3.8) is 0 Å². The van der Waals surface area contributed by atoms with E-state index in [9.17, 15) is 0 Å². The Hall–Kier alpha value is -0.460. The van der Waals surface area contributed by atoms with Crippen LogP contribution in [0.5, 0.6) is 0 Å². The van der Waals surface area contributed by atoms with Gasteiger partial charge < -0.3 is 5.73 Å². The lowest BCUT2D eigenvalue weighted by atomic mass is 9.96. The minimum Gasteiger partial charge on any atom is -0.402 e. The van der Waals surface area contributed by atoms with Crippen LogP contribution in [0.3, 0.4) is 0 Å². The number of hydrogen-bond donors (Lipinski definition) is 1. The molecule has 0 radical (unpaired) electrons. The topological polar surface area (TPSA) is 26.0 Å². The van der Waals surface area contributed by atoms with E-state index < -0.39 is 0 Å². The average molecular weight is 113 g/mol. The van der Waals surface area contributed by atoms with Crippen molar-refractivity contribution < 1.29 is 0 Å². The normalized spacial score (nSPS) is 14.0. The van der Waals surface area contributed by atoms with E-state index in [0.717, 1.165) is 5.70 Å². The molecule has 0 saturated heterocycles. The van der Waals surface area contributed by atoms with Gasteiger partial charge in [-0.3, -0.25) is 0 Å². The molecule has 0 aliphatic rings. The molecule has 0 aliphatic carbocycles. The molecule has 2 N–H and O–H groups in total. The first-order valence-corrected chi connectivity index (χ1v) is 3.00. The van der Waals surface area contributed by atoms with Crippen LogP contribution in [0.2, 0.25) is 0 Å². The van der Waals surface area contributed by atoms with Crippen molar-refractivity contribution in [3.05, 3.63) is 12.3 Å². The lowest BCUT2D eigenvalue weighted by Crippen LogP contribution is -2.12. The summed E-state index contributed by atoms with van der Waals surface area (Å²) in [5.41, 5.74) is 6.23. The first-order chi connectivity index (χ1) is 3.55. The summed E-state index contributed by atoms with van der Waals surface area (Å²) in [5.74, 6) is 1.07. The maximum Gasteiger partial charge on any atom is 0.00388 e. The summed E-state index contributed by atoms with van der Waals surface area (Å²) in [5, 5.41) is 0. The van der Waals surface area contributed by atoms with Crippen LogP contribution >= 0.6 is 0 Å². The van der Waals surface area contributed by atoms with Crippen LogP contribution in [-0.2, 0) is 0 Å². The van der Waals surface area contributed by atoms with Crippen LogP contribution in [0.25, 0.3) is 0 Å². The van der Waals surface area contributed by atoms with Crippen LogP contribution < -0.4 is 5.73 Å². The molecule has 1 nitrogen and oxygen atoms in total. The second-order valence-electron chi connectivity index (χ2n) is 2.61. The van der Waals surface area contributed by atoms with Gasteiger partial charge in [0.2, 0.25) is 0 Å². The molecule has 0 amide bonds. The largest absolute Gasteiger partial charge is 0.402 e. The minimum absolute atomic E-state index is 0.454. The fourth-order valence-corrected chi connectivity index (χ4v) is 0.428. The van der Waals surface area contributed by atoms with Crippen molar-refractivity contribution in [1.29, 1.82) is 0 Å². The summed E-state index contributed by atoms with van der Waals surface area (Å²) in [6.45, 7) is 10.0. The van der Waals surface area contributed by atoms with Crippen molar-refractivity contribution in [2.24, 2.45) is 17.6 Å². The highest BCUT2D eigenvalue weighted by molar-refractivity contribution is 4.93. The van der Waals surface area contributed by atoms with Gasteiger partial charge in [-0.05, 0) is 11.8 Å². The van der Waals surface area contributed by atoms with E-state index in [2.05, 4.69) is 27.4 Å². The maximum absolute atomic E-state index is 5.44. The van der Waals surface area contributed by atoms with Gasteiger partial charge in [0.25, 0.3) is 0 Å². The van der Waals surface area contributed by atoms with Gasteiger partial charge in [0.15, 0.2) is 0 Å². The Labute approximate surface area is 51.6 Å². The standard InChI is InChI=1S/C7H15N/c1-5(2)6(3)7(4)8/h5-6H,4,8H2,1-3H3. The van der Waals surface area contributed by atoms with Crippen molar-refractivity contribution in [2.45, 2.75) is 20.8 Å².